The SMILES string of the molecule is CN=C(NCCc1ccc(C)cc1)NC1CCN(c2cccc(C)n2)CC1. The van der Waals surface area contributed by atoms with Gasteiger partial charge >= 0.3 is 0 Å². The van der Waals surface area contributed by atoms with Crippen molar-refractivity contribution in [2.45, 2.75) is 39.2 Å². The van der Waals surface area contributed by atoms with Crippen molar-refractivity contribution in [3.63, 3.8) is 0 Å². The molecule has 1 aliphatic rings. The second-order valence-electron chi connectivity index (χ2n) is 7.28. The van der Waals surface area contributed by atoms with Crippen LogP contribution in [0.15, 0.2) is 47.5 Å². The van der Waals surface area contributed by atoms with Crippen LogP contribution in [0.5, 0.6) is 0 Å². The van der Waals surface area contributed by atoms with Crippen LogP contribution in [0.2, 0.25) is 0 Å². The molecule has 1 aliphatic heterocycles. The van der Waals surface area contributed by atoms with Crippen LogP contribution < -0.4 is 15.5 Å². The van der Waals surface area contributed by atoms with Gasteiger partial charge in [-0.25, -0.2) is 4.98 Å². The van der Waals surface area contributed by atoms with E-state index in [1.807, 2.05) is 20.0 Å². The summed E-state index contributed by atoms with van der Waals surface area (Å²) in [6.45, 7) is 7.09. The summed E-state index contributed by atoms with van der Waals surface area (Å²) >= 11 is 0. The Bertz CT molecular complexity index is 746. The van der Waals surface area contributed by atoms with E-state index in [0.717, 1.165) is 56.4 Å². The summed E-state index contributed by atoms with van der Waals surface area (Å²) in [7, 11) is 1.84. The van der Waals surface area contributed by atoms with Gasteiger partial charge in [-0.05, 0) is 50.8 Å². The molecule has 0 aliphatic carbocycles. The van der Waals surface area contributed by atoms with Gasteiger partial charge in [0.25, 0.3) is 0 Å². The molecule has 0 saturated carbocycles. The second kappa shape index (κ2) is 9.40. The minimum Gasteiger partial charge on any atom is -0.356 e. The van der Waals surface area contributed by atoms with Gasteiger partial charge in [0.05, 0.1) is 0 Å². The fraction of sp³-hybridized carbons (Fsp3) is 0.455. The average Bonchev–Trinajstić information content (AvgIpc) is 2.69. The number of guanidine groups is 1. The smallest absolute Gasteiger partial charge is 0.191 e. The lowest BCUT2D eigenvalue weighted by molar-refractivity contribution is 0.459. The first-order valence-corrected chi connectivity index (χ1v) is 9.85. The molecule has 2 aromatic rings. The quantitative estimate of drug-likeness (QED) is 0.632. The number of aryl methyl sites for hydroxylation is 2. The number of aromatic nitrogens is 1. The number of pyridine rings is 1. The number of nitrogens with one attached hydrogen (secondary N) is 2. The van der Waals surface area contributed by atoms with Gasteiger partial charge in [-0.2, -0.15) is 0 Å². The van der Waals surface area contributed by atoms with Gasteiger partial charge in [0, 0.05) is 38.4 Å². The number of aliphatic imine (C=N–C) groups is 1. The Morgan fingerprint density at radius 2 is 1.85 bits per heavy atom. The highest BCUT2D eigenvalue weighted by atomic mass is 15.2. The number of hydrogen-bond acceptors (Lipinski definition) is 3. The first-order valence-electron chi connectivity index (χ1n) is 9.85. The average molecular weight is 366 g/mol. The van der Waals surface area contributed by atoms with Crippen LogP contribution in [0.3, 0.4) is 0 Å². The van der Waals surface area contributed by atoms with E-state index >= 15 is 0 Å². The molecule has 0 amide bonds. The lowest BCUT2D eigenvalue weighted by Crippen LogP contribution is -2.49. The molecule has 144 valence electrons. The van der Waals surface area contributed by atoms with Crippen molar-refractivity contribution in [3.05, 3.63) is 59.3 Å². The van der Waals surface area contributed by atoms with Gasteiger partial charge in [-0.1, -0.05) is 35.9 Å². The van der Waals surface area contributed by atoms with E-state index in [2.05, 4.69) is 68.8 Å². The second-order valence-corrected chi connectivity index (χ2v) is 7.28. The van der Waals surface area contributed by atoms with E-state index in [4.69, 9.17) is 0 Å². The van der Waals surface area contributed by atoms with Gasteiger partial charge in [0.1, 0.15) is 5.82 Å². The third-order valence-corrected chi connectivity index (χ3v) is 5.08. The van der Waals surface area contributed by atoms with Crippen molar-refractivity contribution in [1.82, 2.24) is 15.6 Å². The zero-order valence-corrected chi connectivity index (χ0v) is 16.7. The first-order chi connectivity index (χ1) is 13.1. The molecule has 2 N–H and O–H groups in total. The predicted molar refractivity (Wildman–Crippen MR) is 114 cm³/mol. The van der Waals surface area contributed by atoms with E-state index in [0.29, 0.717) is 6.04 Å². The molecule has 5 heteroatoms. The number of nitrogens with zero attached hydrogens (tertiary/aromatic N) is 3. The molecule has 2 heterocycles. The van der Waals surface area contributed by atoms with Crippen LogP contribution in [-0.4, -0.2) is 43.7 Å². The Morgan fingerprint density at radius 1 is 1.11 bits per heavy atom. The summed E-state index contributed by atoms with van der Waals surface area (Å²) in [5.41, 5.74) is 3.73. The van der Waals surface area contributed by atoms with Gasteiger partial charge in [-0.15, -0.1) is 0 Å². The highest BCUT2D eigenvalue weighted by Crippen LogP contribution is 2.18. The van der Waals surface area contributed by atoms with E-state index in [9.17, 15) is 0 Å². The Balaban J connectivity index is 1.42. The molecule has 0 bridgehead atoms. The van der Waals surface area contributed by atoms with Crippen LogP contribution in [0.4, 0.5) is 5.82 Å². The Hall–Kier alpha value is -2.56. The molecule has 1 aromatic heterocycles. The van der Waals surface area contributed by atoms with Crippen LogP contribution in [0.25, 0.3) is 0 Å². The molecule has 5 nitrogen and oxygen atoms in total. The summed E-state index contributed by atoms with van der Waals surface area (Å²) in [6, 6.07) is 15.4. The zero-order valence-electron chi connectivity index (χ0n) is 16.7. The highest BCUT2D eigenvalue weighted by molar-refractivity contribution is 5.80. The van der Waals surface area contributed by atoms with Crippen molar-refractivity contribution >= 4 is 11.8 Å². The first kappa shape index (κ1) is 19.2. The van der Waals surface area contributed by atoms with Crippen LogP contribution >= 0.6 is 0 Å². The van der Waals surface area contributed by atoms with Crippen molar-refractivity contribution in [3.8, 4) is 0 Å². The third kappa shape index (κ3) is 5.71. The van der Waals surface area contributed by atoms with Crippen LogP contribution in [0, 0.1) is 13.8 Å². The fourth-order valence-electron chi connectivity index (χ4n) is 3.43. The molecular formula is C22H31N5. The van der Waals surface area contributed by atoms with Gasteiger partial charge in [0.15, 0.2) is 5.96 Å². The Morgan fingerprint density at radius 3 is 2.52 bits per heavy atom. The van der Waals surface area contributed by atoms with Crippen molar-refractivity contribution in [2.24, 2.45) is 4.99 Å². The molecule has 3 rings (SSSR count). The molecule has 0 spiro atoms. The van der Waals surface area contributed by atoms with Crippen molar-refractivity contribution < 1.29 is 0 Å². The normalized spacial score (nSPS) is 15.7. The topological polar surface area (TPSA) is 52.6 Å². The lowest BCUT2D eigenvalue weighted by Gasteiger charge is -2.34. The van der Waals surface area contributed by atoms with Gasteiger partial charge in [-0.3, -0.25) is 4.99 Å². The van der Waals surface area contributed by atoms with E-state index in [1.165, 1.54) is 11.1 Å². The number of hydrogen-bond donors (Lipinski definition) is 2. The molecule has 1 aromatic carbocycles. The number of rotatable bonds is 5. The lowest BCUT2D eigenvalue weighted by atomic mass is 10.1. The minimum absolute atomic E-state index is 0.455. The molecule has 1 fully saturated rings. The number of benzene rings is 1. The summed E-state index contributed by atoms with van der Waals surface area (Å²) < 4.78 is 0. The Labute approximate surface area is 162 Å². The van der Waals surface area contributed by atoms with Crippen LogP contribution in [0.1, 0.15) is 29.7 Å². The number of piperidine rings is 1. The molecule has 0 atom stereocenters. The fourth-order valence-corrected chi connectivity index (χ4v) is 3.43. The summed E-state index contributed by atoms with van der Waals surface area (Å²) in [5.74, 6) is 1.99. The van der Waals surface area contributed by atoms with Gasteiger partial charge < -0.3 is 15.5 Å². The molecule has 27 heavy (non-hydrogen) atoms. The molecule has 0 unspecified atom stereocenters. The van der Waals surface area contributed by atoms with Crippen molar-refractivity contribution in [1.29, 1.82) is 0 Å². The molecule has 0 radical (unpaired) electrons. The monoisotopic (exact) mass is 365 g/mol. The zero-order chi connectivity index (χ0) is 19.1. The molecular weight excluding hydrogens is 334 g/mol. The summed E-state index contributed by atoms with van der Waals surface area (Å²) in [5, 5.41) is 7.02. The minimum atomic E-state index is 0.455. The Kier molecular flexibility index (Phi) is 6.69. The maximum absolute atomic E-state index is 4.64. The standard InChI is InChI=1S/C22H31N5/c1-17-7-9-19(10-8-17)11-14-24-22(23-3)26-20-12-15-27(16-13-20)21-6-4-5-18(2)25-21/h4-10,20H,11-16H2,1-3H3,(H2,23,24,26). The van der Waals surface area contributed by atoms with E-state index < -0.39 is 0 Å². The predicted octanol–water partition coefficient (Wildman–Crippen LogP) is 3.07. The number of anilines is 1. The van der Waals surface area contributed by atoms with E-state index in [-0.39, 0.29) is 0 Å². The maximum atomic E-state index is 4.64. The van der Waals surface area contributed by atoms with Crippen molar-refractivity contribution in [2.75, 3.05) is 31.6 Å². The molecule has 1 saturated heterocycles. The van der Waals surface area contributed by atoms with Crippen LogP contribution in [-0.2, 0) is 6.42 Å². The summed E-state index contributed by atoms with van der Waals surface area (Å²) in [6.07, 6.45) is 3.18. The maximum Gasteiger partial charge on any atom is 0.191 e. The summed E-state index contributed by atoms with van der Waals surface area (Å²) in [4.78, 5) is 11.4. The third-order valence-electron chi connectivity index (χ3n) is 5.08. The largest absolute Gasteiger partial charge is 0.356 e. The van der Waals surface area contributed by atoms with Gasteiger partial charge in [0.2, 0.25) is 0 Å². The van der Waals surface area contributed by atoms with E-state index in [1.54, 1.807) is 0 Å². The highest BCUT2D eigenvalue weighted by Gasteiger charge is 2.20.